The lowest BCUT2D eigenvalue weighted by atomic mass is 10.2. The van der Waals surface area contributed by atoms with Crippen molar-refractivity contribution in [2.45, 2.75) is 31.3 Å². The summed E-state index contributed by atoms with van der Waals surface area (Å²) in [6.45, 7) is 3.73. The second-order valence-corrected chi connectivity index (χ2v) is 8.86. The number of amides is 1. The van der Waals surface area contributed by atoms with Crippen LogP contribution in [0.1, 0.15) is 18.9 Å². The molecule has 0 radical (unpaired) electrons. The summed E-state index contributed by atoms with van der Waals surface area (Å²) in [6, 6.07) is 20.1. The van der Waals surface area contributed by atoms with E-state index in [0.717, 1.165) is 5.56 Å². The van der Waals surface area contributed by atoms with Gasteiger partial charge in [0.05, 0.1) is 12.0 Å². The molecule has 0 spiro atoms. The van der Waals surface area contributed by atoms with E-state index >= 15 is 0 Å². The molecule has 2 N–H and O–H groups in total. The Morgan fingerprint density at radius 3 is 2.19 bits per heavy atom. The van der Waals surface area contributed by atoms with E-state index in [-0.39, 0.29) is 10.8 Å². The topological polar surface area (TPSA) is 93.7 Å². The molecule has 0 aromatic heterocycles. The first kappa shape index (κ1) is 23.1. The number of aryl methyl sites for hydroxylation is 1. The van der Waals surface area contributed by atoms with Crippen LogP contribution in [0.2, 0.25) is 0 Å². The SMILES string of the molecule is CCC(Oc1ccc(OC)cc1)C(=O)Nc1ccc(S(=O)(=O)Nc2cccc(C)c2)cc1. The fourth-order valence-corrected chi connectivity index (χ4v) is 4.05. The van der Waals surface area contributed by atoms with Crippen molar-refractivity contribution in [3.63, 3.8) is 0 Å². The zero-order valence-electron chi connectivity index (χ0n) is 18.2. The van der Waals surface area contributed by atoms with Gasteiger partial charge in [0, 0.05) is 11.4 Å². The number of rotatable bonds is 9. The van der Waals surface area contributed by atoms with Gasteiger partial charge in [-0.2, -0.15) is 0 Å². The third-order valence-electron chi connectivity index (χ3n) is 4.70. The molecule has 1 atom stereocenters. The highest BCUT2D eigenvalue weighted by molar-refractivity contribution is 7.92. The van der Waals surface area contributed by atoms with Gasteiger partial charge in [-0.1, -0.05) is 19.1 Å². The van der Waals surface area contributed by atoms with Gasteiger partial charge in [-0.3, -0.25) is 9.52 Å². The second-order valence-electron chi connectivity index (χ2n) is 7.18. The second kappa shape index (κ2) is 10.2. The normalized spacial score (nSPS) is 12.0. The zero-order chi connectivity index (χ0) is 23.1. The van der Waals surface area contributed by atoms with Gasteiger partial charge >= 0.3 is 0 Å². The maximum Gasteiger partial charge on any atom is 0.265 e. The van der Waals surface area contributed by atoms with E-state index < -0.39 is 16.1 Å². The Hall–Kier alpha value is -3.52. The van der Waals surface area contributed by atoms with Gasteiger partial charge in [-0.25, -0.2) is 8.42 Å². The molecule has 0 aliphatic rings. The van der Waals surface area contributed by atoms with Gasteiger partial charge in [-0.15, -0.1) is 0 Å². The predicted molar refractivity (Wildman–Crippen MR) is 125 cm³/mol. The number of hydrogen-bond acceptors (Lipinski definition) is 5. The van der Waals surface area contributed by atoms with Gasteiger partial charge in [0.15, 0.2) is 6.10 Å². The highest BCUT2D eigenvalue weighted by Crippen LogP contribution is 2.21. The summed E-state index contributed by atoms with van der Waals surface area (Å²) in [7, 11) is -2.16. The average Bonchev–Trinajstić information content (AvgIpc) is 2.78. The molecule has 0 heterocycles. The molecule has 0 fully saturated rings. The molecule has 32 heavy (non-hydrogen) atoms. The van der Waals surface area contributed by atoms with Crippen molar-refractivity contribution in [1.82, 2.24) is 0 Å². The molecule has 3 rings (SSSR count). The first-order chi connectivity index (χ1) is 15.3. The summed E-state index contributed by atoms with van der Waals surface area (Å²) in [6.07, 6.45) is -0.236. The van der Waals surface area contributed by atoms with Crippen LogP contribution in [-0.4, -0.2) is 27.5 Å². The molecule has 1 amide bonds. The Bertz CT molecular complexity index is 1160. The summed E-state index contributed by atoms with van der Waals surface area (Å²) in [4.78, 5) is 12.7. The Balaban J connectivity index is 1.65. The van der Waals surface area contributed by atoms with Crippen LogP contribution in [0.5, 0.6) is 11.5 Å². The Morgan fingerprint density at radius 2 is 1.59 bits per heavy atom. The molecule has 0 bridgehead atoms. The highest BCUT2D eigenvalue weighted by atomic mass is 32.2. The molecule has 3 aromatic carbocycles. The number of benzene rings is 3. The van der Waals surface area contributed by atoms with Crippen molar-refractivity contribution < 1.29 is 22.7 Å². The van der Waals surface area contributed by atoms with Crippen LogP contribution in [0, 0.1) is 6.92 Å². The number of methoxy groups -OCH3 is 1. The lowest BCUT2D eigenvalue weighted by molar-refractivity contribution is -0.122. The summed E-state index contributed by atoms with van der Waals surface area (Å²) < 4.78 is 38.7. The van der Waals surface area contributed by atoms with Crippen LogP contribution in [0.15, 0.2) is 77.7 Å². The van der Waals surface area contributed by atoms with Crippen LogP contribution < -0.4 is 19.5 Å². The number of nitrogens with one attached hydrogen (secondary N) is 2. The molecule has 3 aromatic rings. The van der Waals surface area contributed by atoms with Crippen LogP contribution in [0.4, 0.5) is 11.4 Å². The lowest BCUT2D eigenvalue weighted by Gasteiger charge is -2.17. The van der Waals surface area contributed by atoms with Gasteiger partial charge in [0.1, 0.15) is 11.5 Å². The lowest BCUT2D eigenvalue weighted by Crippen LogP contribution is -2.32. The van der Waals surface area contributed by atoms with E-state index in [4.69, 9.17) is 9.47 Å². The van der Waals surface area contributed by atoms with Crippen LogP contribution in [0.3, 0.4) is 0 Å². The van der Waals surface area contributed by atoms with Crippen molar-refractivity contribution in [2.75, 3.05) is 17.1 Å². The monoisotopic (exact) mass is 454 g/mol. The molecular weight excluding hydrogens is 428 g/mol. The number of carbonyl (C=O) groups excluding carboxylic acids is 1. The first-order valence-electron chi connectivity index (χ1n) is 10.1. The van der Waals surface area contributed by atoms with Gasteiger partial charge in [0.2, 0.25) is 0 Å². The van der Waals surface area contributed by atoms with Gasteiger partial charge < -0.3 is 14.8 Å². The molecule has 0 aliphatic carbocycles. The van der Waals surface area contributed by atoms with Crippen molar-refractivity contribution in [3.05, 3.63) is 78.4 Å². The van der Waals surface area contributed by atoms with Crippen molar-refractivity contribution in [3.8, 4) is 11.5 Å². The Morgan fingerprint density at radius 1 is 0.938 bits per heavy atom. The molecule has 0 saturated heterocycles. The number of sulfonamides is 1. The van der Waals surface area contributed by atoms with Gasteiger partial charge in [-0.05, 0) is 79.6 Å². The minimum atomic E-state index is -3.74. The summed E-state index contributed by atoms with van der Waals surface area (Å²) >= 11 is 0. The van der Waals surface area contributed by atoms with Crippen LogP contribution in [-0.2, 0) is 14.8 Å². The minimum Gasteiger partial charge on any atom is -0.497 e. The predicted octanol–water partition coefficient (Wildman–Crippen LogP) is 4.60. The Kier molecular flexibility index (Phi) is 7.37. The fraction of sp³-hybridized carbons (Fsp3) is 0.208. The summed E-state index contributed by atoms with van der Waals surface area (Å²) in [5, 5.41) is 2.77. The standard InChI is InChI=1S/C24H26N2O5S/c1-4-23(31-21-12-10-20(30-3)11-13-21)24(27)25-18-8-14-22(15-9-18)32(28,29)26-19-7-5-6-17(2)16-19/h5-16,23,26H,4H2,1-3H3,(H,25,27). The van der Waals surface area contributed by atoms with Crippen molar-refractivity contribution >= 4 is 27.3 Å². The zero-order valence-corrected chi connectivity index (χ0v) is 19.0. The minimum absolute atomic E-state index is 0.0959. The molecule has 0 aliphatic heterocycles. The molecular formula is C24H26N2O5S. The molecule has 8 heteroatoms. The number of carbonyl (C=O) groups is 1. The van der Waals surface area contributed by atoms with E-state index in [2.05, 4.69) is 10.0 Å². The van der Waals surface area contributed by atoms with Crippen LogP contribution >= 0.6 is 0 Å². The molecule has 168 valence electrons. The largest absolute Gasteiger partial charge is 0.497 e. The van der Waals surface area contributed by atoms with E-state index in [9.17, 15) is 13.2 Å². The maximum atomic E-state index is 12.6. The molecule has 0 saturated carbocycles. The fourth-order valence-electron chi connectivity index (χ4n) is 3.00. The number of anilines is 2. The van der Waals surface area contributed by atoms with E-state index in [0.29, 0.717) is 29.3 Å². The van der Waals surface area contributed by atoms with Crippen LogP contribution in [0.25, 0.3) is 0 Å². The number of hydrogen-bond donors (Lipinski definition) is 2. The van der Waals surface area contributed by atoms with Crippen molar-refractivity contribution in [2.24, 2.45) is 0 Å². The van der Waals surface area contributed by atoms with E-state index in [1.807, 2.05) is 19.9 Å². The molecule has 1 unspecified atom stereocenters. The van der Waals surface area contributed by atoms with Gasteiger partial charge in [0.25, 0.3) is 15.9 Å². The smallest absolute Gasteiger partial charge is 0.265 e. The maximum absolute atomic E-state index is 12.6. The average molecular weight is 455 g/mol. The Labute approximate surface area is 188 Å². The third-order valence-corrected chi connectivity index (χ3v) is 6.10. The highest BCUT2D eigenvalue weighted by Gasteiger charge is 2.19. The quantitative estimate of drug-likeness (QED) is 0.493. The molecule has 7 nitrogen and oxygen atoms in total. The third kappa shape index (κ3) is 6.01. The van der Waals surface area contributed by atoms with E-state index in [1.54, 1.807) is 61.7 Å². The number of ether oxygens (including phenoxy) is 2. The summed E-state index contributed by atoms with van der Waals surface area (Å²) in [5.74, 6) is 0.926. The first-order valence-corrected chi connectivity index (χ1v) is 11.6. The van der Waals surface area contributed by atoms with E-state index in [1.165, 1.54) is 12.1 Å². The van der Waals surface area contributed by atoms with Crippen molar-refractivity contribution in [1.29, 1.82) is 0 Å². The summed E-state index contributed by atoms with van der Waals surface area (Å²) in [5.41, 5.74) is 1.91.